The Labute approximate surface area is 206 Å². The molecule has 3 aliphatic heterocycles. The molecule has 7 nitrogen and oxygen atoms in total. The fourth-order valence-electron chi connectivity index (χ4n) is 7.01. The standard InChI is InChI=1S/C27H32N2O5S/c30-15-7-9-20-16-22-23-13-14-28(35(32,33)21-10-4-2-5-11-21)18-27(23)17-19-8-3-1-6-12-24(31)29(19)26(27)25(22)34-20/h2-5,8,10-11,16,19,23,26,30H,1,6-7,9,12-15,17-18H2/b8-3-/t19-,23-,26-,27-/m0/s1. The molecular formula is C27H32N2O5S. The highest BCUT2D eigenvalue weighted by Gasteiger charge is 2.66. The Morgan fingerprint density at radius 3 is 2.83 bits per heavy atom. The minimum atomic E-state index is -3.64. The van der Waals surface area contributed by atoms with Crippen LogP contribution in [0.15, 0.2) is 57.9 Å². The van der Waals surface area contributed by atoms with Gasteiger partial charge in [0, 0.05) is 38.0 Å². The molecule has 6 rings (SSSR count). The zero-order chi connectivity index (χ0) is 24.2. The first-order valence-electron chi connectivity index (χ1n) is 12.7. The lowest BCUT2D eigenvalue weighted by atomic mass is 9.69. The number of allylic oxidation sites excluding steroid dienone is 1. The Morgan fingerprint density at radius 1 is 1.20 bits per heavy atom. The number of carbonyl (C=O) groups excluding carboxylic acids is 1. The molecule has 4 atom stereocenters. The Bertz CT molecular complexity index is 1250. The number of rotatable bonds is 5. The van der Waals surface area contributed by atoms with Gasteiger partial charge in [0.15, 0.2) is 0 Å². The number of hydrogen-bond acceptors (Lipinski definition) is 5. The molecule has 0 bridgehead atoms. The summed E-state index contributed by atoms with van der Waals surface area (Å²) in [6.45, 7) is 0.928. The van der Waals surface area contributed by atoms with E-state index >= 15 is 0 Å². The van der Waals surface area contributed by atoms with E-state index in [0.29, 0.717) is 43.7 Å². The molecule has 0 saturated carbocycles. The summed E-state index contributed by atoms with van der Waals surface area (Å²) in [5, 5.41) is 9.29. The van der Waals surface area contributed by atoms with Crippen molar-refractivity contribution in [2.75, 3.05) is 19.7 Å². The van der Waals surface area contributed by atoms with E-state index in [0.717, 1.165) is 36.3 Å². The Kier molecular flexibility index (Phi) is 5.66. The predicted octanol–water partition coefficient (Wildman–Crippen LogP) is 3.76. The topological polar surface area (TPSA) is 91.1 Å². The summed E-state index contributed by atoms with van der Waals surface area (Å²) in [6.07, 6.45) is 9.26. The number of aliphatic hydroxyl groups is 1. The van der Waals surface area contributed by atoms with Crippen LogP contribution in [0.2, 0.25) is 0 Å². The minimum Gasteiger partial charge on any atom is -0.464 e. The Morgan fingerprint density at radius 2 is 2.03 bits per heavy atom. The number of piperidine rings is 1. The summed E-state index contributed by atoms with van der Waals surface area (Å²) in [4.78, 5) is 15.8. The van der Waals surface area contributed by atoms with Gasteiger partial charge in [-0.15, -0.1) is 0 Å². The third-order valence-electron chi connectivity index (χ3n) is 8.44. The third kappa shape index (κ3) is 3.52. The molecule has 0 unspecified atom stereocenters. The average molecular weight is 497 g/mol. The number of amides is 1. The molecule has 1 spiro atoms. The molecule has 35 heavy (non-hydrogen) atoms. The highest BCUT2D eigenvalue weighted by atomic mass is 32.2. The summed E-state index contributed by atoms with van der Waals surface area (Å²) in [6, 6.07) is 10.4. The van der Waals surface area contributed by atoms with E-state index in [9.17, 15) is 18.3 Å². The van der Waals surface area contributed by atoms with Gasteiger partial charge < -0.3 is 14.4 Å². The van der Waals surface area contributed by atoms with Crippen molar-refractivity contribution in [2.45, 2.75) is 67.8 Å². The lowest BCUT2D eigenvalue weighted by Crippen LogP contribution is -2.50. The van der Waals surface area contributed by atoms with Crippen molar-refractivity contribution in [3.63, 3.8) is 0 Å². The highest BCUT2D eigenvalue weighted by Crippen LogP contribution is 2.67. The number of aliphatic hydroxyl groups excluding tert-OH is 1. The first-order chi connectivity index (χ1) is 17.0. The van der Waals surface area contributed by atoms with E-state index in [4.69, 9.17) is 4.42 Å². The van der Waals surface area contributed by atoms with Gasteiger partial charge in [-0.05, 0) is 61.8 Å². The van der Waals surface area contributed by atoms with Crippen LogP contribution in [0.1, 0.15) is 67.6 Å². The maximum Gasteiger partial charge on any atom is 0.243 e. The average Bonchev–Trinajstić information content (AvgIpc) is 3.46. The van der Waals surface area contributed by atoms with Gasteiger partial charge >= 0.3 is 0 Å². The van der Waals surface area contributed by atoms with Crippen molar-refractivity contribution in [1.82, 2.24) is 9.21 Å². The van der Waals surface area contributed by atoms with Crippen molar-refractivity contribution in [1.29, 1.82) is 0 Å². The number of furan rings is 1. The first-order valence-corrected chi connectivity index (χ1v) is 14.2. The molecule has 4 aliphatic rings. The minimum absolute atomic E-state index is 0.0474. The zero-order valence-corrected chi connectivity index (χ0v) is 20.6. The van der Waals surface area contributed by atoms with Gasteiger partial charge in [0.2, 0.25) is 15.9 Å². The van der Waals surface area contributed by atoms with Crippen LogP contribution >= 0.6 is 0 Å². The van der Waals surface area contributed by atoms with Crippen molar-refractivity contribution in [3.05, 3.63) is 65.6 Å². The van der Waals surface area contributed by atoms with Crippen LogP contribution in [-0.4, -0.2) is 54.4 Å². The number of fused-ring (bicyclic) bond motifs is 5. The van der Waals surface area contributed by atoms with Crippen LogP contribution in [-0.2, 0) is 21.2 Å². The summed E-state index contributed by atoms with van der Waals surface area (Å²) < 4.78 is 35.3. The molecule has 1 amide bonds. The third-order valence-corrected chi connectivity index (χ3v) is 10.3. The zero-order valence-electron chi connectivity index (χ0n) is 19.8. The van der Waals surface area contributed by atoms with Crippen molar-refractivity contribution in [3.8, 4) is 0 Å². The lowest BCUT2D eigenvalue weighted by molar-refractivity contribution is -0.135. The molecule has 1 N–H and O–H groups in total. The Hall–Kier alpha value is -2.42. The smallest absolute Gasteiger partial charge is 0.243 e. The number of nitrogens with zero attached hydrogens (tertiary/aromatic N) is 2. The maximum atomic E-state index is 13.6. The maximum absolute atomic E-state index is 13.6. The number of hydrogen-bond donors (Lipinski definition) is 1. The van der Waals surface area contributed by atoms with E-state index in [1.165, 1.54) is 0 Å². The SMILES string of the molecule is O=C1CCC/C=C\[C@H]2C[C@]34CN(S(=O)(=O)c5ccccc5)CC[C@H]3c3cc(CCCO)oc3[C@@H]4N12. The van der Waals surface area contributed by atoms with Crippen LogP contribution in [0.4, 0.5) is 0 Å². The molecular weight excluding hydrogens is 464 g/mol. The molecule has 2 saturated heterocycles. The van der Waals surface area contributed by atoms with Gasteiger partial charge in [-0.2, -0.15) is 4.31 Å². The Balaban J connectivity index is 1.43. The quantitative estimate of drug-likeness (QED) is 0.637. The normalized spacial score (nSPS) is 31.3. The predicted molar refractivity (Wildman–Crippen MR) is 130 cm³/mol. The van der Waals surface area contributed by atoms with Gasteiger partial charge in [0.1, 0.15) is 11.5 Å². The van der Waals surface area contributed by atoms with Gasteiger partial charge in [0.05, 0.1) is 17.0 Å². The van der Waals surface area contributed by atoms with Crippen LogP contribution in [0.3, 0.4) is 0 Å². The molecule has 186 valence electrons. The number of benzene rings is 1. The fraction of sp³-hybridized carbons (Fsp3) is 0.519. The highest BCUT2D eigenvalue weighted by molar-refractivity contribution is 7.89. The summed E-state index contributed by atoms with van der Waals surface area (Å²) in [5.41, 5.74) is 0.732. The van der Waals surface area contributed by atoms with Crippen LogP contribution in [0.25, 0.3) is 0 Å². The molecule has 1 aromatic carbocycles. The molecule has 4 heterocycles. The molecule has 1 aliphatic carbocycles. The number of aryl methyl sites for hydroxylation is 1. The van der Waals surface area contributed by atoms with Gasteiger partial charge in [0.25, 0.3) is 0 Å². The van der Waals surface area contributed by atoms with E-state index in [-0.39, 0.29) is 30.5 Å². The second kappa shape index (κ2) is 8.61. The van der Waals surface area contributed by atoms with Crippen molar-refractivity contribution in [2.24, 2.45) is 5.41 Å². The molecule has 8 heteroatoms. The number of sulfonamides is 1. The molecule has 2 aromatic rings. The fourth-order valence-corrected chi connectivity index (χ4v) is 8.56. The van der Waals surface area contributed by atoms with Crippen molar-refractivity contribution < 1.29 is 22.7 Å². The van der Waals surface area contributed by atoms with Crippen LogP contribution in [0.5, 0.6) is 0 Å². The van der Waals surface area contributed by atoms with Crippen LogP contribution < -0.4 is 0 Å². The summed E-state index contributed by atoms with van der Waals surface area (Å²) >= 11 is 0. The molecule has 0 radical (unpaired) electrons. The second-order valence-corrected chi connectivity index (χ2v) is 12.3. The molecule has 1 aromatic heterocycles. The molecule has 2 fully saturated rings. The van der Waals surface area contributed by atoms with Crippen molar-refractivity contribution >= 4 is 15.9 Å². The summed E-state index contributed by atoms with van der Waals surface area (Å²) in [7, 11) is -3.64. The van der Waals surface area contributed by atoms with Gasteiger partial charge in [-0.1, -0.05) is 30.4 Å². The number of carbonyl (C=O) groups is 1. The summed E-state index contributed by atoms with van der Waals surface area (Å²) in [5.74, 6) is 1.96. The van der Waals surface area contributed by atoms with Gasteiger partial charge in [-0.25, -0.2) is 8.42 Å². The lowest BCUT2D eigenvalue weighted by Gasteiger charge is -2.44. The monoisotopic (exact) mass is 496 g/mol. The first kappa shape index (κ1) is 23.0. The van der Waals surface area contributed by atoms with E-state index in [1.807, 2.05) is 11.0 Å². The largest absolute Gasteiger partial charge is 0.464 e. The van der Waals surface area contributed by atoms with Crippen LogP contribution in [0, 0.1) is 5.41 Å². The van der Waals surface area contributed by atoms with E-state index in [2.05, 4.69) is 18.2 Å². The van der Waals surface area contributed by atoms with E-state index in [1.54, 1.807) is 28.6 Å². The van der Waals surface area contributed by atoms with Gasteiger partial charge in [-0.3, -0.25) is 4.79 Å². The van der Waals surface area contributed by atoms with E-state index < -0.39 is 15.4 Å². The second-order valence-electron chi connectivity index (χ2n) is 10.4.